The van der Waals surface area contributed by atoms with Gasteiger partial charge in [0.25, 0.3) is 5.56 Å². The van der Waals surface area contributed by atoms with Crippen LogP contribution in [0.4, 0.5) is 0 Å². The standard InChI is InChI=1S/C18H15N3O2S2/c1-11-19-15(10-24-11)16-7-6-12(25-16)8-9-21-17(22)13-4-2-3-5-14(13)20-18(21)23/h2-7,10H,8-9H2,1H3,(H,20,23). The van der Waals surface area contributed by atoms with Gasteiger partial charge in [-0.2, -0.15) is 0 Å². The first-order valence-corrected chi connectivity index (χ1v) is 9.54. The second-order valence-electron chi connectivity index (χ2n) is 5.70. The van der Waals surface area contributed by atoms with E-state index in [9.17, 15) is 9.59 Å². The lowest BCUT2D eigenvalue weighted by atomic mass is 10.2. The predicted molar refractivity (Wildman–Crippen MR) is 103 cm³/mol. The molecule has 1 N–H and O–H groups in total. The van der Waals surface area contributed by atoms with Gasteiger partial charge in [-0.05, 0) is 31.2 Å². The minimum Gasteiger partial charge on any atom is -0.307 e. The van der Waals surface area contributed by atoms with Crippen LogP contribution >= 0.6 is 22.7 Å². The van der Waals surface area contributed by atoms with Gasteiger partial charge in [0.05, 0.1) is 26.5 Å². The molecule has 126 valence electrons. The van der Waals surface area contributed by atoms with Crippen molar-refractivity contribution in [1.82, 2.24) is 14.5 Å². The van der Waals surface area contributed by atoms with Crippen molar-refractivity contribution >= 4 is 33.6 Å². The summed E-state index contributed by atoms with van der Waals surface area (Å²) in [5.41, 5.74) is 0.951. The Kier molecular flexibility index (Phi) is 4.10. The lowest BCUT2D eigenvalue weighted by molar-refractivity contribution is 0.640. The molecule has 5 nitrogen and oxygen atoms in total. The zero-order valence-corrected chi connectivity index (χ0v) is 15.1. The van der Waals surface area contributed by atoms with Crippen molar-refractivity contribution in [2.24, 2.45) is 0 Å². The minimum atomic E-state index is -0.365. The Morgan fingerprint density at radius 3 is 2.80 bits per heavy atom. The van der Waals surface area contributed by atoms with E-state index in [2.05, 4.69) is 9.97 Å². The van der Waals surface area contributed by atoms with Crippen molar-refractivity contribution in [3.63, 3.8) is 0 Å². The Balaban J connectivity index is 1.60. The first-order valence-electron chi connectivity index (χ1n) is 7.85. The van der Waals surface area contributed by atoms with Crippen LogP contribution in [0.3, 0.4) is 0 Å². The van der Waals surface area contributed by atoms with Crippen LogP contribution in [0.1, 0.15) is 9.88 Å². The molecule has 0 radical (unpaired) electrons. The molecule has 0 spiro atoms. The van der Waals surface area contributed by atoms with Gasteiger partial charge >= 0.3 is 5.69 Å². The first-order chi connectivity index (χ1) is 12.1. The van der Waals surface area contributed by atoms with E-state index in [0.717, 1.165) is 20.5 Å². The zero-order valence-electron chi connectivity index (χ0n) is 13.5. The number of thiophene rings is 1. The highest BCUT2D eigenvalue weighted by Gasteiger charge is 2.09. The van der Waals surface area contributed by atoms with Crippen molar-refractivity contribution in [2.45, 2.75) is 19.9 Å². The third kappa shape index (κ3) is 3.08. The molecule has 0 aliphatic rings. The van der Waals surface area contributed by atoms with Crippen molar-refractivity contribution in [3.05, 3.63) is 72.5 Å². The summed E-state index contributed by atoms with van der Waals surface area (Å²) in [5.74, 6) is 0. The molecule has 3 heterocycles. The molecule has 0 bridgehead atoms. The summed E-state index contributed by atoms with van der Waals surface area (Å²) in [6, 6.07) is 11.2. The molecule has 0 saturated carbocycles. The molecule has 0 saturated heterocycles. The lowest BCUT2D eigenvalue weighted by Crippen LogP contribution is -2.35. The summed E-state index contributed by atoms with van der Waals surface area (Å²) in [7, 11) is 0. The highest BCUT2D eigenvalue weighted by molar-refractivity contribution is 7.16. The summed E-state index contributed by atoms with van der Waals surface area (Å²) in [5, 5.41) is 3.62. The molecule has 0 amide bonds. The molecule has 0 fully saturated rings. The van der Waals surface area contributed by atoms with E-state index in [1.54, 1.807) is 46.9 Å². The Morgan fingerprint density at radius 1 is 1.16 bits per heavy atom. The predicted octanol–water partition coefficient (Wildman–Crippen LogP) is 3.43. The maximum absolute atomic E-state index is 12.5. The van der Waals surface area contributed by atoms with Crippen LogP contribution in [-0.4, -0.2) is 14.5 Å². The maximum Gasteiger partial charge on any atom is 0.328 e. The van der Waals surface area contributed by atoms with Gasteiger partial charge in [0.1, 0.15) is 0 Å². The second kappa shape index (κ2) is 6.42. The van der Waals surface area contributed by atoms with Crippen LogP contribution in [0, 0.1) is 6.92 Å². The lowest BCUT2D eigenvalue weighted by Gasteiger charge is -2.05. The minimum absolute atomic E-state index is 0.244. The zero-order chi connectivity index (χ0) is 17.4. The van der Waals surface area contributed by atoms with E-state index in [0.29, 0.717) is 23.9 Å². The molecule has 1 aromatic carbocycles. The summed E-state index contributed by atoms with van der Waals surface area (Å²) in [6.45, 7) is 2.34. The second-order valence-corrected chi connectivity index (χ2v) is 7.93. The number of rotatable bonds is 4. The van der Waals surface area contributed by atoms with E-state index >= 15 is 0 Å². The molecule has 4 aromatic rings. The van der Waals surface area contributed by atoms with Gasteiger partial charge in [-0.25, -0.2) is 9.78 Å². The summed E-state index contributed by atoms with van der Waals surface area (Å²) < 4.78 is 1.27. The molecule has 4 rings (SSSR count). The van der Waals surface area contributed by atoms with Gasteiger partial charge in [-0.3, -0.25) is 9.36 Å². The number of hydrogen-bond donors (Lipinski definition) is 1. The fourth-order valence-corrected chi connectivity index (χ4v) is 4.40. The Labute approximate surface area is 151 Å². The number of aromatic nitrogens is 3. The van der Waals surface area contributed by atoms with Gasteiger partial charge in [0, 0.05) is 23.2 Å². The van der Waals surface area contributed by atoms with Gasteiger partial charge in [0.2, 0.25) is 0 Å². The number of aromatic amines is 1. The number of aryl methyl sites for hydroxylation is 2. The van der Waals surface area contributed by atoms with Crippen LogP contribution in [-0.2, 0) is 13.0 Å². The molecule has 25 heavy (non-hydrogen) atoms. The molecule has 0 unspecified atom stereocenters. The SMILES string of the molecule is Cc1nc(-c2ccc(CCn3c(=O)[nH]c4ccccc4c3=O)s2)cs1. The fourth-order valence-electron chi connectivity index (χ4n) is 2.75. The van der Waals surface area contributed by atoms with Crippen LogP contribution in [0.5, 0.6) is 0 Å². The van der Waals surface area contributed by atoms with E-state index in [4.69, 9.17) is 0 Å². The Bertz CT molecular complexity index is 1170. The normalized spacial score (nSPS) is 11.2. The van der Waals surface area contributed by atoms with Crippen molar-refractivity contribution in [1.29, 1.82) is 0 Å². The number of H-pyrrole nitrogens is 1. The number of hydrogen-bond acceptors (Lipinski definition) is 5. The van der Waals surface area contributed by atoms with Gasteiger partial charge in [-0.15, -0.1) is 22.7 Å². The highest BCUT2D eigenvalue weighted by Crippen LogP contribution is 2.29. The number of benzene rings is 1. The van der Waals surface area contributed by atoms with Crippen LogP contribution in [0.2, 0.25) is 0 Å². The van der Waals surface area contributed by atoms with E-state index in [1.807, 2.05) is 24.4 Å². The third-order valence-electron chi connectivity index (χ3n) is 4.00. The van der Waals surface area contributed by atoms with Gasteiger partial charge < -0.3 is 4.98 Å². The average Bonchev–Trinajstić information content (AvgIpc) is 3.23. The molecule has 7 heteroatoms. The van der Waals surface area contributed by atoms with Crippen molar-refractivity contribution in [2.75, 3.05) is 0 Å². The third-order valence-corrected chi connectivity index (χ3v) is 5.95. The number of nitrogens with one attached hydrogen (secondary N) is 1. The van der Waals surface area contributed by atoms with Crippen LogP contribution < -0.4 is 11.2 Å². The molecular weight excluding hydrogens is 354 g/mol. The smallest absolute Gasteiger partial charge is 0.307 e. The monoisotopic (exact) mass is 369 g/mol. The van der Waals surface area contributed by atoms with Gasteiger partial charge in [-0.1, -0.05) is 12.1 Å². The summed E-state index contributed by atoms with van der Waals surface area (Å²) >= 11 is 3.28. The maximum atomic E-state index is 12.5. The van der Waals surface area contributed by atoms with Crippen LogP contribution in [0.15, 0.2) is 51.4 Å². The van der Waals surface area contributed by atoms with Gasteiger partial charge in [0.15, 0.2) is 0 Å². The number of para-hydroxylation sites is 1. The number of thiazole rings is 1. The van der Waals surface area contributed by atoms with E-state index < -0.39 is 0 Å². The molecular formula is C18H15N3O2S2. The van der Waals surface area contributed by atoms with Crippen molar-refractivity contribution < 1.29 is 0 Å². The molecule has 3 aromatic heterocycles. The largest absolute Gasteiger partial charge is 0.328 e. The molecule has 0 aliphatic carbocycles. The quantitative estimate of drug-likeness (QED) is 0.599. The Hall–Kier alpha value is -2.51. The number of nitrogens with zero attached hydrogens (tertiary/aromatic N) is 2. The molecule has 0 aliphatic heterocycles. The van der Waals surface area contributed by atoms with Crippen LogP contribution in [0.25, 0.3) is 21.5 Å². The average molecular weight is 369 g/mol. The summed E-state index contributed by atoms with van der Waals surface area (Å²) in [6.07, 6.45) is 0.634. The Morgan fingerprint density at radius 2 is 2.00 bits per heavy atom. The molecule has 0 atom stereocenters. The topological polar surface area (TPSA) is 67.8 Å². The van der Waals surface area contributed by atoms with Crippen molar-refractivity contribution in [3.8, 4) is 10.6 Å². The van der Waals surface area contributed by atoms with E-state index in [-0.39, 0.29) is 11.2 Å². The fraction of sp³-hybridized carbons (Fsp3) is 0.167. The summed E-state index contributed by atoms with van der Waals surface area (Å²) in [4.78, 5) is 34.2. The van der Waals surface area contributed by atoms with E-state index in [1.165, 1.54) is 4.57 Å². The number of fused-ring (bicyclic) bond motifs is 1. The first kappa shape index (κ1) is 16.0. The highest BCUT2D eigenvalue weighted by atomic mass is 32.1.